The summed E-state index contributed by atoms with van der Waals surface area (Å²) < 4.78 is 52.5. The Morgan fingerprint density at radius 2 is 1.42 bits per heavy atom. The fraction of sp³-hybridized carbons (Fsp3) is 0. The van der Waals surface area contributed by atoms with Gasteiger partial charge in [-0.1, -0.05) is 0 Å². The first-order valence-electron chi connectivity index (χ1n) is 7.25. The van der Waals surface area contributed by atoms with Crippen molar-refractivity contribution in [1.82, 2.24) is 10.2 Å². The van der Waals surface area contributed by atoms with Crippen LogP contribution < -0.4 is 10.6 Å². The number of nitrogens with zero attached hydrogens (tertiary/aromatic N) is 2. The summed E-state index contributed by atoms with van der Waals surface area (Å²) >= 11 is 0. The number of benzene rings is 2. The highest BCUT2D eigenvalue weighted by molar-refractivity contribution is 6.03. The Morgan fingerprint density at radius 3 is 2.08 bits per heavy atom. The van der Waals surface area contributed by atoms with E-state index in [4.69, 9.17) is 0 Å². The number of hydrogen-bond acceptors (Lipinski definition) is 4. The van der Waals surface area contributed by atoms with E-state index in [0.29, 0.717) is 17.6 Å². The summed E-state index contributed by atoms with van der Waals surface area (Å²) in [6, 6.07) is 9.83. The van der Waals surface area contributed by atoms with Crippen LogP contribution in [-0.4, -0.2) is 16.1 Å². The first-order valence-corrected chi connectivity index (χ1v) is 7.25. The van der Waals surface area contributed by atoms with Crippen molar-refractivity contribution in [3.05, 3.63) is 77.4 Å². The molecule has 1 aromatic heterocycles. The molecule has 132 valence electrons. The molecule has 0 unspecified atom stereocenters. The lowest BCUT2D eigenvalue weighted by Crippen LogP contribution is -2.16. The number of nitrogens with one attached hydrogen (secondary N) is 2. The van der Waals surface area contributed by atoms with E-state index in [9.17, 15) is 22.4 Å². The molecule has 0 spiro atoms. The summed E-state index contributed by atoms with van der Waals surface area (Å²) in [6.45, 7) is 0. The maximum atomic E-state index is 13.6. The van der Waals surface area contributed by atoms with Crippen molar-refractivity contribution in [3.8, 4) is 0 Å². The monoisotopic (exact) mass is 362 g/mol. The van der Waals surface area contributed by atoms with E-state index in [1.165, 1.54) is 36.4 Å². The molecule has 26 heavy (non-hydrogen) atoms. The summed E-state index contributed by atoms with van der Waals surface area (Å²) in [6.07, 6.45) is 0. The number of halogens is 4. The third-order valence-corrected chi connectivity index (χ3v) is 3.30. The Labute approximate surface area is 144 Å². The lowest BCUT2D eigenvalue weighted by molar-refractivity contribution is 0.102. The number of amides is 1. The summed E-state index contributed by atoms with van der Waals surface area (Å²) in [7, 11) is 0. The highest BCUT2D eigenvalue weighted by Gasteiger charge is 2.19. The molecule has 3 rings (SSSR count). The maximum Gasteiger partial charge on any atom is 0.259 e. The third-order valence-electron chi connectivity index (χ3n) is 3.30. The predicted molar refractivity (Wildman–Crippen MR) is 86.0 cm³/mol. The Hall–Kier alpha value is -3.49. The minimum atomic E-state index is -1.73. The van der Waals surface area contributed by atoms with E-state index in [1.807, 2.05) is 0 Å². The Morgan fingerprint density at radius 1 is 0.769 bits per heavy atom. The minimum Gasteiger partial charge on any atom is -0.339 e. The van der Waals surface area contributed by atoms with E-state index in [-0.39, 0.29) is 11.6 Å². The number of carbonyl (C=O) groups is 1. The van der Waals surface area contributed by atoms with Crippen molar-refractivity contribution in [3.63, 3.8) is 0 Å². The van der Waals surface area contributed by atoms with Crippen LogP contribution in [-0.2, 0) is 0 Å². The normalized spacial score (nSPS) is 10.5. The maximum absolute atomic E-state index is 13.6. The van der Waals surface area contributed by atoms with Crippen LogP contribution in [0.5, 0.6) is 0 Å². The summed E-state index contributed by atoms with van der Waals surface area (Å²) in [5, 5.41) is 12.6. The van der Waals surface area contributed by atoms with Gasteiger partial charge in [-0.2, -0.15) is 0 Å². The predicted octanol–water partition coefficient (Wildman–Crippen LogP) is 4.03. The van der Waals surface area contributed by atoms with Gasteiger partial charge < -0.3 is 10.6 Å². The Kier molecular flexibility index (Phi) is 4.78. The average Bonchev–Trinajstić information content (AvgIpc) is 2.63. The smallest absolute Gasteiger partial charge is 0.259 e. The molecule has 2 N–H and O–H groups in total. The second-order valence-electron chi connectivity index (χ2n) is 5.11. The van der Waals surface area contributed by atoms with Crippen LogP contribution in [0.25, 0.3) is 0 Å². The molecule has 3 aromatic rings. The Balaban J connectivity index is 1.70. The summed E-state index contributed by atoms with van der Waals surface area (Å²) in [5.41, 5.74) is -0.0967. The van der Waals surface area contributed by atoms with Crippen LogP contribution in [0.3, 0.4) is 0 Å². The molecular formula is C17H10F4N4O. The van der Waals surface area contributed by atoms with Crippen LogP contribution in [0, 0.1) is 23.3 Å². The van der Waals surface area contributed by atoms with Crippen LogP contribution in [0.1, 0.15) is 10.4 Å². The number of anilines is 3. The minimum absolute atomic E-state index is 0.0243. The zero-order chi connectivity index (χ0) is 18.7. The molecule has 0 aliphatic carbocycles. The molecule has 2 aromatic carbocycles. The van der Waals surface area contributed by atoms with Crippen molar-refractivity contribution in [1.29, 1.82) is 0 Å². The quantitative estimate of drug-likeness (QED) is 0.543. The lowest BCUT2D eigenvalue weighted by atomic mass is 10.2. The molecule has 0 saturated heterocycles. The van der Waals surface area contributed by atoms with Crippen molar-refractivity contribution in [2.75, 3.05) is 10.6 Å². The zero-order valence-corrected chi connectivity index (χ0v) is 12.9. The number of aromatic nitrogens is 2. The molecule has 0 atom stereocenters. The molecule has 0 aliphatic rings. The van der Waals surface area contributed by atoms with Crippen molar-refractivity contribution >= 4 is 23.2 Å². The number of hydrogen-bond donors (Lipinski definition) is 2. The molecule has 0 saturated carbocycles. The van der Waals surface area contributed by atoms with Gasteiger partial charge in [-0.3, -0.25) is 4.79 Å². The van der Waals surface area contributed by atoms with Crippen LogP contribution in [0.15, 0.2) is 48.5 Å². The Bertz CT molecular complexity index is 946. The SMILES string of the molecule is O=C(Nc1ccc(Nc2ccc(F)cc2)nn1)c1ccc(F)c(F)c1F. The topological polar surface area (TPSA) is 66.9 Å². The van der Waals surface area contributed by atoms with Gasteiger partial charge in [-0.25, -0.2) is 17.6 Å². The van der Waals surface area contributed by atoms with Crippen molar-refractivity contribution in [2.45, 2.75) is 0 Å². The fourth-order valence-corrected chi connectivity index (χ4v) is 2.03. The van der Waals surface area contributed by atoms with Crippen molar-refractivity contribution < 1.29 is 22.4 Å². The number of carbonyl (C=O) groups excluding carboxylic acids is 1. The van der Waals surface area contributed by atoms with Crippen LogP contribution in [0.2, 0.25) is 0 Å². The highest BCUT2D eigenvalue weighted by Crippen LogP contribution is 2.18. The van der Waals surface area contributed by atoms with Gasteiger partial charge in [-0.15, -0.1) is 10.2 Å². The van der Waals surface area contributed by atoms with E-state index < -0.39 is 28.9 Å². The van der Waals surface area contributed by atoms with Gasteiger partial charge in [0, 0.05) is 5.69 Å². The van der Waals surface area contributed by atoms with Gasteiger partial charge in [0.1, 0.15) is 5.82 Å². The van der Waals surface area contributed by atoms with Gasteiger partial charge in [0.2, 0.25) is 0 Å². The molecule has 0 aliphatic heterocycles. The largest absolute Gasteiger partial charge is 0.339 e. The molecule has 9 heteroatoms. The summed E-state index contributed by atoms with van der Waals surface area (Å²) in [4.78, 5) is 11.9. The molecule has 0 bridgehead atoms. The first-order chi connectivity index (χ1) is 12.4. The zero-order valence-electron chi connectivity index (χ0n) is 12.9. The molecule has 1 amide bonds. The first kappa shape index (κ1) is 17.3. The van der Waals surface area contributed by atoms with E-state index >= 15 is 0 Å². The standard InChI is InChI=1S/C17H10F4N4O/c18-9-1-3-10(4-2-9)22-13-7-8-14(25-24-13)23-17(26)11-5-6-12(19)16(21)15(11)20/h1-8H,(H,22,24)(H,23,25,26). The second kappa shape index (κ2) is 7.18. The number of rotatable bonds is 4. The van der Waals surface area contributed by atoms with Gasteiger partial charge in [0.15, 0.2) is 29.1 Å². The van der Waals surface area contributed by atoms with Gasteiger partial charge >= 0.3 is 0 Å². The lowest BCUT2D eigenvalue weighted by Gasteiger charge is -2.07. The fourth-order valence-electron chi connectivity index (χ4n) is 2.03. The van der Waals surface area contributed by atoms with E-state index in [0.717, 1.165) is 6.07 Å². The van der Waals surface area contributed by atoms with Gasteiger partial charge in [-0.05, 0) is 48.5 Å². The van der Waals surface area contributed by atoms with Crippen LogP contribution in [0.4, 0.5) is 34.9 Å². The molecule has 1 heterocycles. The van der Waals surface area contributed by atoms with Gasteiger partial charge in [0.05, 0.1) is 5.56 Å². The van der Waals surface area contributed by atoms with Crippen molar-refractivity contribution in [2.24, 2.45) is 0 Å². The molecule has 0 radical (unpaired) electrons. The van der Waals surface area contributed by atoms with E-state index in [1.54, 1.807) is 0 Å². The molecule has 0 fully saturated rings. The highest BCUT2D eigenvalue weighted by atomic mass is 19.2. The molecule has 5 nitrogen and oxygen atoms in total. The average molecular weight is 362 g/mol. The van der Waals surface area contributed by atoms with E-state index in [2.05, 4.69) is 20.8 Å². The van der Waals surface area contributed by atoms with Gasteiger partial charge in [0.25, 0.3) is 5.91 Å². The second-order valence-corrected chi connectivity index (χ2v) is 5.11. The third kappa shape index (κ3) is 3.77. The molecular weight excluding hydrogens is 352 g/mol. The summed E-state index contributed by atoms with van der Waals surface area (Å²) in [5.74, 6) is -5.82. The van der Waals surface area contributed by atoms with Crippen LogP contribution >= 0.6 is 0 Å².